The van der Waals surface area contributed by atoms with E-state index in [-0.39, 0.29) is 45.9 Å². The van der Waals surface area contributed by atoms with Crippen molar-refractivity contribution in [1.29, 1.82) is 5.26 Å². The molecular formula is C22H19F2N3O5S. The summed E-state index contributed by atoms with van der Waals surface area (Å²) in [6.07, 6.45) is -2.97. The van der Waals surface area contributed by atoms with Crippen molar-refractivity contribution in [2.75, 3.05) is 23.0 Å². The van der Waals surface area contributed by atoms with Crippen molar-refractivity contribution in [2.24, 2.45) is 0 Å². The van der Waals surface area contributed by atoms with E-state index in [1.807, 2.05) is 0 Å². The van der Waals surface area contributed by atoms with Gasteiger partial charge in [0.2, 0.25) is 0 Å². The summed E-state index contributed by atoms with van der Waals surface area (Å²) in [5.74, 6) is -0.344. The first kappa shape index (κ1) is 23.9. The number of carbonyl (C=O) groups is 2. The molecule has 0 spiro atoms. The monoisotopic (exact) mass is 475 g/mol. The second-order valence-electron chi connectivity index (χ2n) is 7.37. The topological polar surface area (TPSA) is 128 Å². The van der Waals surface area contributed by atoms with Gasteiger partial charge in [-0.25, -0.2) is 22.0 Å². The predicted molar refractivity (Wildman–Crippen MR) is 116 cm³/mol. The Balaban J connectivity index is 2.02. The lowest BCUT2D eigenvalue weighted by molar-refractivity contribution is -0.114. The Morgan fingerprint density at radius 2 is 1.97 bits per heavy atom. The van der Waals surface area contributed by atoms with E-state index in [1.165, 1.54) is 36.4 Å². The van der Waals surface area contributed by atoms with Gasteiger partial charge in [0, 0.05) is 35.2 Å². The highest BCUT2D eigenvalue weighted by Crippen LogP contribution is 2.31. The highest BCUT2D eigenvalue weighted by molar-refractivity contribution is 7.90. The van der Waals surface area contributed by atoms with E-state index >= 15 is 0 Å². The van der Waals surface area contributed by atoms with Gasteiger partial charge >= 0.3 is 6.09 Å². The number of Topliss-reactive ketones (excluding diaryl/α,β-unsaturated/α-hetero) is 1. The van der Waals surface area contributed by atoms with E-state index in [1.54, 1.807) is 6.07 Å². The quantitative estimate of drug-likeness (QED) is 0.617. The third kappa shape index (κ3) is 5.35. The van der Waals surface area contributed by atoms with Crippen LogP contribution in [0.1, 0.15) is 30.4 Å². The number of halogens is 2. The number of anilines is 2. The van der Waals surface area contributed by atoms with Crippen LogP contribution in [-0.2, 0) is 14.6 Å². The van der Waals surface area contributed by atoms with Crippen molar-refractivity contribution >= 4 is 33.1 Å². The minimum absolute atomic E-state index is 0.0296. The summed E-state index contributed by atoms with van der Waals surface area (Å²) in [6, 6.07) is 10.8. The molecule has 0 unspecified atom stereocenters. The molecule has 1 aliphatic carbocycles. The molecule has 172 valence electrons. The van der Waals surface area contributed by atoms with Crippen molar-refractivity contribution in [3.63, 3.8) is 0 Å². The molecule has 0 fully saturated rings. The second-order valence-corrected chi connectivity index (χ2v) is 9.35. The van der Waals surface area contributed by atoms with Gasteiger partial charge in [0.15, 0.2) is 15.6 Å². The van der Waals surface area contributed by atoms with Crippen molar-refractivity contribution in [3.05, 3.63) is 64.9 Å². The number of rotatable bonds is 7. The number of hydrogen-bond acceptors (Lipinski definition) is 6. The number of carbonyl (C=O) groups excluding carboxylic acids is 1. The van der Waals surface area contributed by atoms with Crippen LogP contribution in [0.25, 0.3) is 0 Å². The first-order valence-electron chi connectivity index (χ1n) is 9.66. The number of amides is 1. The van der Waals surface area contributed by atoms with E-state index in [0.717, 1.165) is 12.3 Å². The molecule has 33 heavy (non-hydrogen) atoms. The number of nitriles is 1. The number of hydrogen-bond donors (Lipinski definition) is 2. The van der Waals surface area contributed by atoms with Gasteiger partial charge in [-0.3, -0.25) is 9.69 Å². The number of alkyl halides is 2. The molecule has 3 rings (SSSR count). The molecule has 1 aliphatic rings. The van der Waals surface area contributed by atoms with Crippen LogP contribution in [-0.4, -0.2) is 38.2 Å². The molecule has 0 heterocycles. The van der Waals surface area contributed by atoms with Gasteiger partial charge in [0.05, 0.1) is 28.8 Å². The van der Waals surface area contributed by atoms with Crippen LogP contribution in [0.3, 0.4) is 0 Å². The Labute approximate surface area is 188 Å². The molecule has 8 nitrogen and oxygen atoms in total. The molecule has 2 N–H and O–H groups in total. The minimum atomic E-state index is -3.91. The summed E-state index contributed by atoms with van der Waals surface area (Å²) in [7, 11) is -3.91. The van der Waals surface area contributed by atoms with Crippen LogP contribution in [0.5, 0.6) is 0 Å². The third-order valence-electron chi connectivity index (χ3n) is 5.06. The third-order valence-corrected chi connectivity index (χ3v) is 6.19. The van der Waals surface area contributed by atoms with Crippen molar-refractivity contribution in [1.82, 2.24) is 0 Å². The van der Waals surface area contributed by atoms with Gasteiger partial charge in [-0.1, -0.05) is 12.1 Å². The van der Waals surface area contributed by atoms with Crippen LogP contribution in [0, 0.1) is 11.3 Å². The summed E-state index contributed by atoms with van der Waals surface area (Å²) in [4.78, 5) is 24.9. The predicted octanol–water partition coefficient (Wildman–Crippen LogP) is 4.11. The maximum atomic E-state index is 13.0. The van der Waals surface area contributed by atoms with Crippen LogP contribution in [0.2, 0.25) is 0 Å². The maximum Gasteiger partial charge on any atom is 0.412 e. The number of nitrogens with one attached hydrogen (secondary N) is 1. The standard InChI is InChI=1S/C22H19F2N3O5S/c1-33(31,32)20-9-13(11-25)5-7-18(20)27(22(29)30)12-16-17(6-8-19(16)28)26-15-4-2-3-14(10-15)21(23)24/h2-5,7,9-10,21,26H,6,8,12H2,1H3,(H,29,30). The zero-order valence-corrected chi connectivity index (χ0v) is 18.2. The zero-order valence-electron chi connectivity index (χ0n) is 17.4. The smallest absolute Gasteiger partial charge is 0.412 e. The Morgan fingerprint density at radius 3 is 2.58 bits per heavy atom. The Hall–Kier alpha value is -3.78. The number of ketones is 1. The molecule has 2 aromatic rings. The number of nitrogens with zero attached hydrogens (tertiary/aromatic N) is 2. The fourth-order valence-corrected chi connectivity index (χ4v) is 4.37. The highest BCUT2D eigenvalue weighted by atomic mass is 32.2. The van der Waals surface area contributed by atoms with E-state index in [9.17, 15) is 31.9 Å². The van der Waals surface area contributed by atoms with E-state index in [2.05, 4.69) is 5.32 Å². The molecule has 1 amide bonds. The fraction of sp³-hybridized carbons (Fsp3) is 0.227. The van der Waals surface area contributed by atoms with Crippen molar-refractivity contribution in [3.8, 4) is 6.07 Å². The van der Waals surface area contributed by atoms with Gasteiger partial charge < -0.3 is 10.4 Å². The average molecular weight is 475 g/mol. The summed E-state index contributed by atoms with van der Waals surface area (Å²) in [5.41, 5.74) is 0.397. The Bertz CT molecular complexity index is 1300. The lowest BCUT2D eigenvalue weighted by Crippen LogP contribution is -2.34. The first-order valence-corrected chi connectivity index (χ1v) is 11.6. The maximum absolute atomic E-state index is 13.0. The Kier molecular flexibility index (Phi) is 6.78. The average Bonchev–Trinajstić information content (AvgIpc) is 3.09. The Morgan fingerprint density at radius 1 is 1.24 bits per heavy atom. The van der Waals surface area contributed by atoms with Gasteiger partial charge in [0.25, 0.3) is 6.43 Å². The molecule has 0 saturated heterocycles. The summed E-state index contributed by atoms with van der Waals surface area (Å²) < 4.78 is 50.5. The van der Waals surface area contributed by atoms with Crippen molar-refractivity contribution < 1.29 is 31.9 Å². The molecule has 0 saturated carbocycles. The van der Waals surface area contributed by atoms with Gasteiger partial charge in [-0.05, 0) is 36.8 Å². The number of allylic oxidation sites excluding steroid dienone is 1. The van der Waals surface area contributed by atoms with Crippen LogP contribution < -0.4 is 10.2 Å². The molecule has 0 aliphatic heterocycles. The number of benzene rings is 2. The zero-order chi connectivity index (χ0) is 24.3. The summed E-state index contributed by atoms with van der Waals surface area (Å²) in [5, 5.41) is 21.8. The summed E-state index contributed by atoms with van der Waals surface area (Å²) >= 11 is 0. The van der Waals surface area contributed by atoms with E-state index < -0.39 is 28.9 Å². The highest BCUT2D eigenvalue weighted by Gasteiger charge is 2.30. The van der Waals surface area contributed by atoms with Crippen LogP contribution in [0.4, 0.5) is 25.0 Å². The number of sulfone groups is 1. The lowest BCUT2D eigenvalue weighted by Gasteiger charge is -2.23. The SMILES string of the molecule is CS(=O)(=O)c1cc(C#N)ccc1N(CC1=C(Nc2cccc(C(F)F)c2)CCC1=O)C(=O)O. The molecule has 0 atom stereocenters. The van der Waals surface area contributed by atoms with E-state index in [0.29, 0.717) is 16.3 Å². The van der Waals surface area contributed by atoms with Gasteiger partial charge in [-0.2, -0.15) is 5.26 Å². The number of carboxylic acid groups (broad SMARTS) is 1. The lowest BCUT2D eigenvalue weighted by atomic mass is 10.1. The molecule has 11 heteroatoms. The van der Waals surface area contributed by atoms with Crippen molar-refractivity contribution in [2.45, 2.75) is 24.2 Å². The largest absolute Gasteiger partial charge is 0.465 e. The summed E-state index contributed by atoms with van der Waals surface area (Å²) in [6.45, 7) is -0.459. The van der Waals surface area contributed by atoms with Gasteiger partial charge in [-0.15, -0.1) is 0 Å². The molecule has 2 aromatic carbocycles. The molecular weight excluding hydrogens is 456 g/mol. The van der Waals surface area contributed by atoms with Crippen LogP contribution in [0.15, 0.2) is 58.6 Å². The molecule has 0 aromatic heterocycles. The second kappa shape index (κ2) is 9.38. The molecule has 0 bridgehead atoms. The first-order chi connectivity index (χ1) is 15.5. The minimum Gasteiger partial charge on any atom is -0.465 e. The normalized spacial score (nSPS) is 13.8. The molecule has 0 radical (unpaired) electrons. The van der Waals surface area contributed by atoms with Gasteiger partial charge in [0.1, 0.15) is 0 Å². The van der Waals surface area contributed by atoms with Crippen LogP contribution >= 0.6 is 0 Å². The fourth-order valence-electron chi connectivity index (χ4n) is 3.47. The van der Waals surface area contributed by atoms with E-state index in [4.69, 9.17) is 5.26 Å².